The van der Waals surface area contributed by atoms with Crippen LogP contribution in [0, 0.1) is 24.2 Å². The van der Waals surface area contributed by atoms with Gasteiger partial charge in [-0.1, -0.05) is 24.4 Å². The molecule has 2 atom stereocenters. The molecule has 1 saturated carbocycles. The van der Waals surface area contributed by atoms with Crippen LogP contribution in [0.15, 0.2) is 18.3 Å². The normalized spacial score (nSPS) is 21.1. The number of nitrogens with zero attached hydrogens (tertiary/aromatic N) is 3. The van der Waals surface area contributed by atoms with Gasteiger partial charge in [0.25, 0.3) is 0 Å². The second-order valence-electron chi connectivity index (χ2n) is 7.32. The van der Waals surface area contributed by atoms with Crippen LogP contribution >= 0.6 is 11.6 Å². The third-order valence-corrected chi connectivity index (χ3v) is 5.65. The molecule has 1 aromatic carbocycles. The van der Waals surface area contributed by atoms with E-state index in [0.29, 0.717) is 23.0 Å². The zero-order chi connectivity index (χ0) is 19.7. The summed E-state index contributed by atoms with van der Waals surface area (Å²) in [6, 6.07) is 6.12. The van der Waals surface area contributed by atoms with E-state index < -0.39 is 7.12 Å². The molecule has 144 valence electrons. The lowest BCUT2D eigenvalue weighted by Gasteiger charge is -2.28. The molecule has 0 spiro atoms. The van der Waals surface area contributed by atoms with Gasteiger partial charge < -0.3 is 20.3 Å². The maximum absolute atomic E-state index is 9.82. The number of nitriles is 1. The predicted octanol–water partition coefficient (Wildman–Crippen LogP) is 2.89. The molecule has 0 amide bonds. The summed E-state index contributed by atoms with van der Waals surface area (Å²) < 4.78 is 5.23. The molecular weight excluding hydrogens is 377 g/mol. The first-order valence-electron chi connectivity index (χ1n) is 9.44. The third-order valence-electron chi connectivity index (χ3n) is 5.34. The largest absolute Gasteiger partial charge is 0.493 e. The number of hydrogen-bond acceptors (Lipinski definition) is 7. The molecule has 0 radical (unpaired) electrons. The number of aromatic nitrogens is 2. The molecule has 1 aromatic heterocycles. The molecule has 3 N–H and O–H groups in total. The Morgan fingerprint density at radius 2 is 2.18 bits per heavy atom. The first-order chi connectivity index (χ1) is 13.5. The van der Waals surface area contributed by atoms with Gasteiger partial charge in [0, 0.05) is 34.0 Å². The van der Waals surface area contributed by atoms with Crippen molar-refractivity contribution in [1.29, 1.82) is 5.26 Å². The fraction of sp³-hybridized carbons (Fsp3) is 0.421. The van der Waals surface area contributed by atoms with Crippen molar-refractivity contribution in [3.63, 3.8) is 0 Å². The van der Waals surface area contributed by atoms with Crippen LogP contribution in [-0.2, 0) is 11.3 Å². The second-order valence-corrected chi connectivity index (χ2v) is 7.72. The molecule has 1 aliphatic carbocycles. The van der Waals surface area contributed by atoms with E-state index in [4.69, 9.17) is 16.3 Å². The number of anilines is 3. The van der Waals surface area contributed by atoms with Crippen LogP contribution in [0.1, 0.15) is 36.8 Å². The number of halogens is 1. The Labute approximate surface area is 169 Å². The number of fused-ring (bicyclic) bond motifs is 1. The van der Waals surface area contributed by atoms with Crippen molar-refractivity contribution in [2.24, 2.45) is 5.92 Å². The van der Waals surface area contributed by atoms with Crippen LogP contribution in [-0.4, -0.2) is 28.2 Å². The maximum atomic E-state index is 9.82. The summed E-state index contributed by atoms with van der Waals surface area (Å²) in [5, 5.41) is 26.3. The first kappa shape index (κ1) is 19.0. The molecule has 2 aromatic rings. The smallest absolute Gasteiger partial charge is 0.423 e. The van der Waals surface area contributed by atoms with E-state index in [9.17, 15) is 10.3 Å². The van der Waals surface area contributed by atoms with Crippen LogP contribution in [0.5, 0.6) is 0 Å². The topological polar surface area (TPSA) is 103 Å². The predicted molar refractivity (Wildman–Crippen MR) is 109 cm³/mol. The van der Waals surface area contributed by atoms with Crippen LogP contribution in [0.25, 0.3) is 0 Å². The van der Waals surface area contributed by atoms with Crippen molar-refractivity contribution in [3.05, 3.63) is 34.5 Å². The zero-order valence-corrected chi connectivity index (χ0v) is 16.3. The first-order valence-corrected chi connectivity index (χ1v) is 9.81. The van der Waals surface area contributed by atoms with Gasteiger partial charge in [0.05, 0.1) is 18.6 Å². The SMILES string of the molecule is Cc1cnc(Nc2cc(Cl)c3c(c2)COB3O)nc1NC1CCCCC1C#N. The summed E-state index contributed by atoms with van der Waals surface area (Å²) in [5.41, 5.74) is 3.10. The minimum atomic E-state index is -0.980. The molecule has 1 aliphatic heterocycles. The van der Waals surface area contributed by atoms with E-state index in [2.05, 4.69) is 26.7 Å². The lowest BCUT2D eigenvalue weighted by atomic mass is 9.79. The summed E-state index contributed by atoms with van der Waals surface area (Å²) in [6.45, 7) is 2.26. The van der Waals surface area contributed by atoms with E-state index >= 15 is 0 Å². The fourth-order valence-corrected chi connectivity index (χ4v) is 4.14. The van der Waals surface area contributed by atoms with Crippen molar-refractivity contribution in [2.45, 2.75) is 45.3 Å². The Morgan fingerprint density at radius 1 is 1.36 bits per heavy atom. The molecule has 0 bridgehead atoms. The maximum Gasteiger partial charge on any atom is 0.493 e. The molecule has 28 heavy (non-hydrogen) atoms. The summed E-state index contributed by atoms with van der Waals surface area (Å²) in [6.07, 6.45) is 5.86. The highest BCUT2D eigenvalue weighted by Crippen LogP contribution is 2.28. The Balaban J connectivity index is 1.55. The number of nitrogens with one attached hydrogen (secondary N) is 2. The lowest BCUT2D eigenvalue weighted by molar-refractivity contribution is 0.275. The number of rotatable bonds is 4. The van der Waals surface area contributed by atoms with Crippen molar-refractivity contribution in [3.8, 4) is 6.07 Å². The quantitative estimate of drug-likeness (QED) is 0.682. The highest BCUT2D eigenvalue weighted by atomic mass is 35.5. The average molecular weight is 398 g/mol. The number of benzene rings is 1. The average Bonchev–Trinajstić information content (AvgIpc) is 3.06. The van der Waals surface area contributed by atoms with Gasteiger partial charge in [-0.2, -0.15) is 10.2 Å². The molecule has 1 fully saturated rings. The van der Waals surface area contributed by atoms with E-state index in [1.807, 2.05) is 13.0 Å². The van der Waals surface area contributed by atoms with Crippen molar-refractivity contribution < 1.29 is 9.68 Å². The van der Waals surface area contributed by atoms with E-state index in [0.717, 1.165) is 48.3 Å². The van der Waals surface area contributed by atoms with Gasteiger partial charge in [0.2, 0.25) is 5.95 Å². The summed E-state index contributed by atoms with van der Waals surface area (Å²) in [4.78, 5) is 8.96. The van der Waals surface area contributed by atoms with E-state index in [-0.39, 0.29) is 12.0 Å². The summed E-state index contributed by atoms with van der Waals surface area (Å²) in [5.74, 6) is 1.17. The van der Waals surface area contributed by atoms with Gasteiger partial charge in [-0.05, 0) is 37.5 Å². The van der Waals surface area contributed by atoms with Crippen molar-refractivity contribution >= 4 is 41.6 Å². The van der Waals surface area contributed by atoms with Crippen LogP contribution < -0.4 is 16.1 Å². The second kappa shape index (κ2) is 7.96. The molecule has 2 heterocycles. The van der Waals surface area contributed by atoms with Crippen LogP contribution in [0.4, 0.5) is 17.5 Å². The number of aryl methyl sites for hydroxylation is 1. The molecule has 7 nitrogen and oxygen atoms in total. The molecule has 9 heteroatoms. The highest BCUT2D eigenvalue weighted by Gasteiger charge is 2.30. The van der Waals surface area contributed by atoms with Crippen LogP contribution in [0.2, 0.25) is 5.02 Å². The molecular formula is C19H21BClN5O2. The summed E-state index contributed by atoms with van der Waals surface area (Å²) >= 11 is 6.29. The van der Waals surface area contributed by atoms with Crippen molar-refractivity contribution in [2.75, 3.05) is 10.6 Å². The van der Waals surface area contributed by atoms with Gasteiger partial charge in [-0.15, -0.1) is 0 Å². The van der Waals surface area contributed by atoms with E-state index in [1.54, 1.807) is 12.3 Å². The minimum Gasteiger partial charge on any atom is -0.423 e. The van der Waals surface area contributed by atoms with E-state index in [1.165, 1.54) is 0 Å². The highest BCUT2D eigenvalue weighted by molar-refractivity contribution is 6.65. The fourth-order valence-electron chi connectivity index (χ4n) is 3.81. The summed E-state index contributed by atoms with van der Waals surface area (Å²) in [7, 11) is -0.980. The van der Waals surface area contributed by atoms with Gasteiger partial charge in [0.15, 0.2) is 0 Å². The van der Waals surface area contributed by atoms with Crippen molar-refractivity contribution in [1.82, 2.24) is 9.97 Å². The van der Waals surface area contributed by atoms with Gasteiger partial charge >= 0.3 is 7.12 Å². The van der Waals surface area contributed by atoms with Crippen LogP contribution in [0.3, 0.4) is 0 Å². The Morgan fingerprint density at radius 3 is 3.00 bits per heavy atom. The van der Waals surface area contributed by atoms with Gasteiger partial charge in [-0.3, -0.25) is 0 Å². The van der Waals surface area contributed by atoms with Gasteiger partial charge in [0.1, 0.15) is 5.82 Å². The number of hydrogen-bond donors (Lipinski definition) is 3. The minimum absolute atomic E-state index is 0.00136. The third kappa shape index (κ3) is 3.79. The zero-order valence-electron chi connectivity index (χ0n) is 15.6. The Hall–Kier alpha value is -2.34. The Kier molecular flexibility index (Phi) is 5.40. The molecule has 0 saturated heterocycles. The Bertz CT molecular complexity index is 935. The monoisotopic (exact) mass is 397 g/mol. The molecule has 2 aliphatic rings. The van der Waals surface area contributed by atoms with Gasteiger partial charge in [-0.25, -0.2) is 4.98 Å². The molecule has 4 rings (SSSR count). The lowest BCUT2D eigenvalue weighted by Crippen LogP contribution is -2.32. The standard InChI is InChI=1S/C19H21BClN5O2/c1-11-9-23-19(26-18(11)25-16-5-3-2-4-12(16)8-22)24-14-6-13-10-28-20(27)17(13)15(21)7-14/h6-7,9,12,16,27H,2-5,10H2,1H3,(H2,23,24,25,26). The molecule has 2 unspecified atom stereocenters.